The zero-order chi connectivity index (χ0) is 12.6. The van der Waals surface area contributed by atoms with Crippen molar-refractivity contribution < 1.29 is 14.6 Å². The van der Waals surface area contributed by atoms with Gasteiger partial charge >= 0.3 is 0 Å². The maximum absolute atomic E-state index is 12.5. The first kappa shape index (κ1) is 11.9. The number of hydrogen-bond acceptors (Lipinski definition) is 4. The Bertz CT molecular complexity index is 421. The molecule has 1 saturated heterocycles. The van der Waals surface area contributed by atoms with E-state index in [1.165, 1.54) is 4.68 Å². The summed E-state index contributed by atoms with van der Waals surface area (Å²) in [5.74, 6) is -0.186. The van der Waals surface area contributed by atoms with Crippen molar-refractivity contribution in [3.8, 4) is 0 Å². The second-order valence-electron chi connectivity index (χ2n) is 5.24. The average Bonchev–Trinajstić information content (AvgIpc) is 3.14. The van der Waals surface area contributed by atoms with Crippen molar-refractivity contribution in [3.63, 3.8) is 0 Å². The van der Waals surface area contributed by atoms with Crippen LogP contribution in [0.25, 0.3) is 0 Å². The number of carbonyl (C=O) groups is 1. The molecule has 2 heterocycles. The molecule has 0 bridgehead atoms. The van der Waals surface area contributed by atoms with Crippen LogP contribution in [0.3, 0.4) is 0 Å². The zero-order valence-corrected chi connectivity index (χ0v) is 10.3. The largest absolute Gasteiger partial charge is 0.381 e. The van der Waals surface area contributed by atoms with Crippen LogP contribution in [-0.4, -0.2) is 39.6 Å². The van der Waals surface area contributed by atoms with Crippen molar-refractivity contribution in [1.29, 1.82) is 0 Å². The molecule has 1 atom stereocenters. The molecule has 1 N–H and O–H groups in total. The van der Waals surface area contributed by atoms with Crippen molar-refractivity contribution in [2.24, 2.45) is 11.8 Å². The highest BCUT2D eigenvalue weighted by Gasteiger charge is 2.55. The van der Waals surface area contributed by atoms with Crippen molar-refractivity contribution in [1.82, 2.24) is 9.78 Å². The lowest BCUT2D eigenvalue weighted by Gasteiger charge is -2.37. The predicted octanol–water partition coefficient (Wildman–Crippen LogP) is 1.09. The molecule has 2 aliphatic rings. The Balaban J connectivity index is 1.88. The SMILES string of the molecule is O=C(n1cccn1)C(O)(C1CCOCC1)C1CC1. The van der Waals surface area contributed by atoms with Crippen molar-refractivity contribution in [2.45, 2.75) is 31.3 Å². The number of ether oxygens (including phenoxy) is 1. The third-order valence-corrected chi connectivity index (χ3v) is 4.10. The summed E-state index contributed by atoms with van der Waals surface area (Å²) in [6.07, 6.45) is 6.53. The number of aromatic nitrogens is 2. The van der Waals surface area contributed by atoms with Gasteiger partial charge in [0.25, 0.3) is 5.91 Å². The van der Waals surface area contributed by atoms with Crippen LogP contribution in [0.15, 0.2) is 18.5 Å². The zero-order valence-electron chi connectivity index (χ0n) is 10.3. The quantitative estimate of drug-likeness (QED) is 0.872. The molecule has 1 aromatic heterocycles. The molecule has 0 amide bonds. The van der Waals surface area contributed by atoms with Crippen LogP contribution < -0.4 is 0 Å². The highest BCUT2D eigenvalue weighted by atomic mass is 16.5. The molecule has 18 heavy (non-hydrogen) atoms. The van der Waals surface area contributed by atoms with E-state index < -0.39 is 5.60 Å². The van der Waals surface area contributed by atoms with Gasteiger partial charge in [0, 0.05) is 31.5 Å². The fourth-order valence-electron chi connectivity index (χ4n) is 2.92. The summed E-state index contributed by atoms with van der Waals surface area (Å²) in [5, 5.41) is 14.9. The molecule has 98 valence electrons. The van der Waals surface area contributed by atoms with Crippen molar-refractivity contribution >= 4 is 5.91 Å². The average molecular weight is 250 g/mol. The fraction of sp³-hybridized carbons (Fsp3) is 0.692. The van der Waals surface area contributed by atoms with Crippen LogP contribution in [-0.2, 0) is 4.74 Å². The fourth-order valence-corrected chi connectivity index (χ4v) is 2.92. The Kier molecular flexibility index (Phi) is 2.95. The Morgan fingerprint density at radius 1 is 1.28 bits per heavy atom. The highest BCUT2D eigenvalue weighted by molar-refractivity contribution is 5.87. The first-order valence-electron chi connectivity index (χ1n) is 6.57. The van der Waals surface area contributed by atoms with Gasteiger partial charge in [-0.25, -0.2) is 4.68 Å². The lowest BCUT2D eigenvalue weighted by atomic mass is 9.77. The molecule has 1 unspecified atom stereocenters. The summed E-state index contributed by atoms with van der Waals surface area (Å²) in [7, 11) is 0. The van der Waals surface area contributed by atoms with Crippen LogP contribution in [0, 0.1) is 11.8 Å². The van der Waals surface area contributed by atoms with Gasteiger partial charge in [-0.1, -0.05) is 0 Å². The standard InChI is InChI=1S/C13H18N2O3/c16-12(15-7-1-6-14-15)13(17,10-2-3-10)11-4-8-18-9-5-11/h1,6-7,10-11,17H,2-5,8-9H2. The Hall–Kier alpha value is -1.20. The van der Waals surface area contributed by atoms with Crippen LogP contribution in [0.2, 0.25) is 0 Å². The minimum atomic E-state index is -1.25. The van der Waals surface area contributed by atoms with Crippen LogP contribution >= 0.6 is 0 Å². The van der Waals surface area contributed by atoms with Gasteiger partial charge < -0.3 is 9.84 Å². The highest BCUT2D eigenvalue weighted by Crippen LogP contribution is 2.47. The van der Waals surface area contributed by atoms with Crippen molar-refractivity contribution in [3.05, 3.63) is 18.5 Å². The first-order chi connectivity index (χ1) is 8.73. The maximum Gasteiger partial charge on any atom is 0.279 e. The van der Waals surface area contributed by atoms with Gasteiger partial charge in [-0.05, 0) is 37.7 Å². The number of nitrogens with zero attached hydrogens (tertiary/aromatic N) is 2. The Morgan fingerprint density at radius 3 is 2.50 bits per heavy atom. The Labute approximate surface area is 106 Å². The molecule has 1 aliphatic carbocycles. The van der Waals surface area contributed by atoms with E-state index in [1.807, 2.05) is 0 Å². The minimum absolute atomic E-state index is 0.00421. The molecule has 0 radical (unpaired) electrons. The number of hydrogen-bond donors (Lipinski definition) is 1. The second-order valence-corrected chi connectivity index (χ2v) is 5.24. The smallest absolute Gasteiger partial charge is 0.279 e. The number of aliphatic hydroxyl groups is 1. The van der Waals surface area contributed by atoms with E-state index in [0.717, 1.165) is 25.7 Å². The summed E-state index contributed by atoms with van der Waals surface area (Å²) in [6, 6.07) is 1.70. The molecule has 5 nitrogen and oxygen atoms in total. The summed E-state index contributed by atoms with van der Waals surface area (Å²) in [6.45, 7) is 1.26. The summed E-state index contributed by atoms with van der Waals surface area (Å²) >= 11 is 0. The van der Waals surface area contributed by atoms with E-state index in [0.29, 0.717) is 13.2 Å². The van der Waals surface area contributed by atoms with Gasteiger partial charge in [-0.15, -0.1) is 0 Å². The maximum atomic E-state index is 12.5. The van der Waals surface area contributed by atoms with Gasteiger partial charge in [0.05, 0.1) is 0 Å². The summed E-state index contributed by atoms with van der Waals surface area (Å²) < 4.78 is 6.59. The normalized spacial score (nSPS) is 24.7. The van der Waals surface area contributed by atoms with Crippen LogP contribution in [0.4, 0.5) is 0 Å². The van der Waals surface area contributed by atoms with Gasteiger partial charge in [-0.3, -0.25) is 4.79 Å². The van der Waals surface area contributed by atoms with E-state index in [2.05, 4.69) is 5.10 Å². The molecule has 2 fully saturated rings. The molecule has 3 rings (SSSR count). The topological polar surface area (TPSA) is 64.4 Å². The monoisotopic (exact) mass is 250 g/mol. The van der Waals surface area contributed by atoms with E-state index in [-0.39, 0.29) is 17.7 Å². The second kappa shape index (κ2) is 4.48. The molecular formula is C13H18N2O3. The van der Waals surface area contributed by atoms with Gasteiger partial charge in [-0.2, -0.15) is 5.10 Å². The van der Waals surface area contributed by atoms with Crippen LogP contribution in [0.1, 0.15) is 30.5 Å². The van der Waals surface area contributed by atoms with Crippen molar-refractivity contribution in [2.75, 3.05) is 13.2 Å². The summed E-state index contributed by atoms with van der Waals surface area (Å²) in [5.41, 5.74) is -1.25. The lowest BCUT2D eigenvalue weighted by Crippen LogP contribution is -2.52. The van der Waals surface area contributed by atoms with E-state index in [9.17, 15) is 9.90 Å². The van der Waals surface area contributed by atoms with Gasteiger partial charge in [0.1, 0.15) is 0 Å². The lowest BCUT2D eigenvalue weighted by molar-refractivity contribution is -0.0624. The molecular weight excluding hydrogens is 232 g/mol. The van der Waals surface area contributed by atoms with Crippen LogP contribution in [0.5, 0.6) is 0 Å². The molecule has 5 heteroatoms. The molecule has 1 aliphatic heterocycles. The van der Waals surface area contributed by atoms with E-state index >= 15 is 0 Å². The van der Waals surface area contributed by atoms with Gasteiger partial charge in [0.2, 0.25) is 0 Å². The molecule has 0 aromatic carbocycles. The summed E-state index contributed by atoms with van der Waals surface area (Å²) in [4.78, 5) is 12.5. The predicted molar refractivity (Wildman–Crippen MR) is 64.1 cm³/mol. The third kappa shape index (κ3) is 1.87. The van der Waals surface area contributed by atoms with E-state index in [1.54, 1.807) is 18.5 Å². The third-order valence-electron chi connectivity index (χ3n) is 4.10. The minimum Gasteiger partial charge on any atom is -0.381 e. The Morgan fingerprint density at radius 2 is 1.94 bits per heavy atom. The molecule has 1 aromatic rings. The number of rotatable bonds is 3. The van der Waals surface area contributed by atoms with Gasteiger partial charge in [0.15, 0.2) is 5.60 Å². The number of carbonyl (C=O) groups excluding carboxylic acids is 1. The molecule has 1 saturated carbocycles. The molecule has 0 spiro atoms. The first-order valence-corrected chi connectivity index (χ1v) is 6.57. The van der Waals surface area contributed by atoms with E-state index in [4.69, 9.17) is 4.74 Å².